The van der Waals surface area contributed by atoms with Gasteiger partial charge in [0.1, 0.15) is 6.04 Å². The van der Waals surface area contributed by atoms with Gasteiger partial charge in [-0.3, -0.25) is 4.98 Å². The number of pyridine rings is 1. The lowest BCUT2D eigenvalue weighted by atomic mass is 10.1. The second-order valence-corrected chi connectivity index (χ2v) is 5.12. The van der Waals surface area contributed by atoms with Crippen molar-refractivity contribution in [3.05, 3.63) is 66.1 Å². The first-order chi connectivity index (χ1) is 11.1. The van der Waals surface area contributed by atoms with Crippen molar-refractivity contribution < 1.29 is 14.3 Å². The number of rotatable bonds is 4. The van der Waals surface area contributed by atoms with E-state index < -0.39 is 18.0 Å². The van der Waals surface area contributed by atoms with Crippen LogP contribution in [0.5, 0.6) is 0 Å². The number of para-hydroxylation sites is 1. The molecule has 0 bridgehead atoms. The minimum absolute atomic E-state index is 0.208. The topological polar surface area (TPSA) is 98.1 Å². The summed E-state index contributed by atoms with van der Waals surface area (Å²) in [6.07, 6.45) is 4.95. The molecule has 116 valence electrons. The van der Waals surface area contributed by atoms with E-state index in [1.54, 1.807) is 12.3 Å². The van der Waals surface area contributed by atoms with Crippen molar-refractivity contribution in [3.8, 4) is 0 Å². The molecule has 0 unspecified atom stereocenters. The van der Waals surface area contributed by atoms with Crippen molar-refractivity contribution in [2.75, 3.05) is 0 Å². The Kier molecular flexibility index (Phi) is 4.16. The van der Waals surface area contributed by atoms with Gasteiger partial charge in [0.05, 0.1) is 5.56 Å². The lowest BCUT2D eigenvalue weighted by Gasteiger charge is -2.09. The predicted molar refractivity (Wildman–Crippen MR) is 84.6 cm³/mol. The third-order valence-corrected chi connectivity index (χ3v) is 3.51. The second kappa shape index (κ2) is 6.41. The fourth-order valence-corrected chi connectivity index (χ4v) is 2.33. The van der Waals surface area contributed by atoms with Crippen LogP contribution >= 0.6 is 0 Å². The zero-order valence-corrected chi connectivity index (χ0v) is 12.2. The molecule has 2 aromatic heterocycles. The molecule has 3 N–H and O–H groups in total. The van der Waals surface area contributed by atoms with Crippen LogP contribution in [0.2, 0.25) is 0 Å². The Hall–Kier alpha value is -2.99. The van der Waals surface area contributed by atoms with Crippen LogP contribution in [0.1, 0.15) is 15.9 Å². The van der Waals surface area contributed by atoms with Crippen LogP contribution in [-0.2, 0) is 16.0 Å². The zero-order valence-electron chi connectivity index (χ0n) is 12.2. The number of nitrogens with two attached hydrogens (primary N) is 1. The van der Waals surface area contributed by atoms with Crippen LogP contribution in [-0.4, -0.2) is 27.9 Å². The Morgan fingerprint density at radius 3 is 2.83 bits per heavy atom. The highest BCUT2D eigenvalue weighted by Gasteiger charge is 2.21. The van der Waals surface area contributed by atoms with Gasteiger partial charge in [-0.25, -0.2) is 9.59 Å². The van der Waals surface area contributed by atoms with Gasteiger partial charge in [0.15, 0.2) is 0 Å². The molecule has 0 spiro atoms. The molecule has 0 fully saturated rings. The van der Waals surface area contributed by atoms with Crippen molar-refractivity contribution in [3.63, 3.8) is 0 Å². The minimum Gasteiger partial charge on any atom is -0.388 e. The Labute approximate surface area is 132 Å². The SMILES string of the molecule is N[C@@H](Cc1c[nH]c2ccccc12)C(=O)OC(=O)c1cccnc1. The number of carbonyl (C=O) groups excluding carboxylic acids is 2. The number of esters is 2. The highest BCUT2D eigenvalue weighted by Crippen LogP contribution is 2.19. The number of ether oxygens (including phenoxy) is 1. The third-order valence-electron chi connectivity index (χ3n) is 3.51. The van der Waals surface area contributed by atoms with Crippen molar-refractivity contribution in [2.24, 2.45) is 5.73 Å². The molecule has 0 aliphatic heterocycles. The average Bonchev–Trinajstić information content (AvgIpc) is 2.98. The van der Waals surface area contributed by atoms with Gasteiger partial charge in [0, 0.05) is 35.9 Å². The molecule has 3 aromatic rings. The maximum absolute atomic E-state index is 12.0. The smallest absolute Gasteiger partial charge is 0.347 e. The maximum atomic E-state index is 12.0. The Balaban J connectivity index is 1.67. The van der Waals surface area contributed by atoms with E-state index in [1.807, 2.05) is 24.3 Å². The molecular weight excluding hydrogens is 294 g/mol. The number of H-pyrrole nitrogens is 1. The lowest BCUT2D eigenvalue weighted by molar-refractivity contribution is -0.139. The first-order valence-electron chi connectivity index (χ1n) is 7.12. The summed E-state index contributed by atoms with van der Waals surface area (Å²) in [6.45, 7) is 0. The van der Waals surface area contributed by atoms with Gasteiger partial charge in [-0.2, -0.15) is 0 Å². The average molecular weight is 309 g/mol. The first kappa shape index (κ1) is 14.9. The van der Waals surface area contributed by atoms with E-state index in [-0.39, 0.29) is 12.0 Å². The standard InChI is InChI=1S/C17H15N3O3/c18-14(8-12-10-20-15-6-2-1-5-13(12)15)17(22)23-16(21)11-4-3-7-19-9-11/h1-7,9-10,14,20H,8,18H2/t14-/m0/s1. The second-order valence-electron chi connectivity index (χ2n) is 5.12. The molecule has 0 amide bonds. The number of fused-ring (bicyclic) bond motifs is 1. The highest BCUT2D eigenvalue weighted by atomic mass is 16.6. The molecule has 2 heterocycles. The molecule has 6 nitrogen and oxygen atoms in total. The van der Waals surface area contributed by atoms with E-state index in [0.29, 0.717) is 0 Å². The van der Waals surface area contributed by atoms with Gasteiger partial charge in [-0.1, -0.05) is 18.2 Å². The number of benzene rings is 1. The fraction of sp³-hybridized carbons (Fsp3) is 0.118. The van der Waals surface area contributed by atoms with Crippen LogP contribution in [0.4, 0.5) is 0 Å². The molecule has 0 aliphatic rings. The Morgan fingerprint density at radius 1 is 1.22 bits per heavy atom. The number of hydrogen-bond donors (Lipinski definition) is 2. The summed E-state index contributed by atoms with van der Waals surface area (Å²) < 4.78 is 4.81. The van der Waals surface area contributed by atoms with Gasteiger partial charge in [-0.05, 0) is 23.8 Å². The summed E-state index contributed by atoms with van der Waals surface area (Å²) in [6, 6.07) is 9.91. The Morgan fingerprint density at radius 2 is 2.04 bits per heavy atom. The van der Waals surface area contributed by atoms with Gasteiger partial charge in [-0.15, -0.1) is 0 Å². The van der Waals surface area contributed by atoms with E-state index in [2.05, 4.69) is 9.97 Å². The number of hydrogen-bond acceptors (Lipinski definition) is 5. The number of aromatic nitrogens is 2. The van der Waals surface area contributed by atoms with Gasteiger partial charge < -0.3 is 15.5 Å². The minimum atomic E-state index is -0.921. The van der Waals surface area contributed by atoms with Gasteiger partial charge in [0.25, 0.3) is 0 Å². The van der Waals surface area contributed by atoms with Crippen LogP contribution in [0, 0.1) is 0 Å². The maximum Gasteiger partial charge on any atom is 0.347 e. The summed E-state index contributed by atoms with van der Waals surface area (Å²) in [7, 11) is 0. The van der Waals surface area contributed by atoms with E-state index in [9.17, 15) is 9.59 Å². The lowest BCUT2D eigenvalue weighted by Crippen LogP contribution is -2.35. The number of aromatic amines is 1. The molecule has 0 saturated heterocycles. The third kappa shape index (κ3) is 3.27. The molecule has 0 aliphatic carbocycles. The van der Waals surface area contributed by atoms with Gasteiger partial charge in [0.2, 0.25) is 0 Å². The molecule has 3 rings (SSSR count). The first-order valence-corrected chi connectivity index (χ1v) is 7.12. The molecule has 1 aromatic carbocycles. The van der Waals surface area contributed by atoms with Crippen molar-refractivity contribution in [1.29, 1.82) is 0 Å². The molecular formula is C17H15N3O3. The summed E-state index contributed by atoms with van der Waals surface area (Å²) in [5.41, 5.74) is 7.95. The molecule has 1 atom stereocenters. The monoisotopic (exact) mass is 309 g/mol. The highest BCUT2D eigenvalue weighted by molar-refractivity contribution is 5.98. The normalized spacial score (nSPS) is 12.0. The van der Waals surface area contributed by atoms with E-state index in [1.165, 1.54) is 18.5 Å². The number of nitrogens with zero attached hydrogens (tertiary/aromatic N) is 1. The largest absolute Gasteiger partial charge is 0.388 e. The molecule has 0 saturated carbocycles. The van der Waals surface area contributed by atoms with Crippen molar-refractivity contribution in [1.82, 2.24) is 9.97 Å². The number of carbonyl (C=O) groups is 2. The Bertz CT molecular complexity index is 842. The van der Waals surface area contributed by atoms with Gasteiger partial charge >= 0.3 is 11.9 Å². The summed E-state index contributed by atoms with van der Waals surface area (Å²) in [4.78, 5) is 30.7. The molecule has 0 radical (unpaired) electrons. The van der Waals surface area contributed by atoms with E-state index >= 15 is 0 Å². The van der Waals surface area contributed by atoms with Crippen LogP contribution < -0.4 is 5.73 Å². The molecule has 6 heteroatoms. The molecule has 23 heavy (non-hydrogen) atoms. The fourth-order valence-electron chi connectivity index (χ4n) is 2.33. The van der Waals surface area contributed by atoms with Crippen molar-refractivity contribution >= 4 is 22.8 Å². The summed E-state index contributed by atoms with van der Waals surface area (Å²) in [5, 5.41) is 0.995. The quantitative estimate of drug-likeness (QED) is 0.566. The number of nitrogens with one attached hydrogen (secondary N) is 1. The predicted octanol–water partition coefficient (Wildman–Crippen LogP) is 1.82. The van der Waals surface area contributed by atoms with Crippen LogP contribution in [0.15, 0.2) is 55.0 Å². The van der Waals surface area contributed by atoms with Crippen molar-refractivity contribution in [2.45, 2.75) is 12.5 Å². The van der Waals surface area contributed by atoms with Crippen LogP contribution in [0.25, 0.3) is 10.9 Å². The van der Waals surface area contributed by atoms with Crippen LogP contribution in [0.3, 0.4) is 0 Å². The van der Waals surface area contributed by atoms with E-state index in [0.717, 1.165) is 16.5 Å². The summed E-state index contributed by atoms with van der Waals surface area (Å²) in [5.74, 6) is -1.51. The summed E-state index contributed by atoms with van der Waals surface area (Å²) >= 11 is 0. The zero-order chi connectivity index (χ0) is 16.2. The van der Waals surface area contributed by atoms with E-state index in [4.69, 9.17) is 10.5 Å².